The van der Waals surface area contributed by atoms with Gasteiger partial charge in [0.05, 0.1) is 23.1 Å². The molecule has 1 amide bonds. The van der Waals surface area contributed by atoms with E-state index in [0.29, 0.717) is 6.42 Å². The fraction of sp³-hybridized carbons (Fsp3) is 0.364. The van der Waals surface area contributed by atoms with Crippen LogP contribution in [-0.2, 0) is 20.7 Å². The van der Waals surface area contributed by atoms with E-state index >= 15 is 0 Å². The van der Waals surface area contributed by atoms with Gasteiger partial charge < -0.3 is 20.1 Å². The Kier molecular flexibility index (Phi) is 8.65. The van der Waals surface area contributed by atoms with Crippen molar-refractivity contribution in [2.24, 2.45) is 0 Å². The van der Waals surface area contributed by atoms with Gasteiger partial charge in [-0.3, -0.25) is 14.9 Å². The van der Waals surface area contributed by atoms with Gasteiger partial charge in [-0.25, -0.2) is 4.79 Å². The molecule has 2 rings (SSSR count). The molecule has 2 aromatic carbocycles. The predicted molar refractivity (Wildman–Crippen MR) is 114 cm³/mol. The molecule has 0 fully saturated rings. The number of likely N-dealkylation sites (N-methyl/N-ethyl adjacent to an activating group) is 2. The van der Waals surface area contributed by atoms with Crippen LogP contribution >= 0.6 is 0 Å². The fourth-order valence-electron chi connectivity index (χ4n) is 3.35. The first-order valence-corrected chi connectivity index (χ1v) is 9.87. The summed E-state index contributed by atoms with van der Waals surface area (Å²) < 4.78 is 5.07. The molecule has 0 bridgehead atoms. The summed E-state index contributed by atoms with van der Waals surface area (Å²) in [4.78, 5) is 37.7. The van der Waals surface area contributed by atoms with E-state index in [1.54, 1.807) is 14.0 Å². The average molecular weight is 429 g/mol. The number of amides is 1. The molecule has 2 N–H and O–H groups in total. The van der Waals surface area contributed by atoms with Crippen LogP contribution in [0.5, 0.6) is 0 Å². The smallest absolute Gasteiger partial charge is 0.331 e. The zero-order valence-electron chi connectivity index (χ0n) is 17.7. The third-order valence-electron chi connectivity index (χ3n) is 4.97. The molecule has 0 radical (unpaired) electrons. The van der Waals surface area contributed by atoms with Gasteiger partial charge in [0, 0.05) is 13.1 Å². The highest BCUT2D eigenvalue weighted by Gasteiger charge is 2.40. The molecule has 9 heteroatoms. The topological polar surface area (TPSA) is 122 Å². The Hall–Kier alpha value is -3.30. The predicted octanol–water partition coefficient (Wildman–Crippen LogP) is 1.85. The lowest BCUT2D eigenvalue weighted by Gasteiger charge is -2.32. The van der Waals surface area contributed by atoms with Gasteiger partial charge in [0.15, 0.2) is 6.04 Å². The van der Waals surface area contributed by atoms with Crippen molar-refractivity contribution in [3.63, 3.8) is 0 Å². The quantitative estimate of drug-likeness (QED) is 0.336. The lowest BCUT2D eigenvalue weighted by Crippen LogP contribution is -2.53. The molecule has 31 heavy (non-hydrogen) atoms. The second-order valence-electron chi connectivity index (χ2n) is 6.94. The van der Waals surface area contributed by atoms with Crippen LogP contribution in [0.25, 0.3) is 0 Å². The minimum Gasteiger partial charge on any atom is -0.464 e. The Morgan fingerprint density at radius 1 is 1.16 bits per heavy atom. The highest BCUT2D eigenvalue weighted by Crippen LogP contribution is 2.30. The number of benzene rings is 2. The van der Waals surface area contributed by atoms with Crippen LogP contribution in [0.15, 0.2) is 54.6 Å². The number of rotatable bonds is 10. The van der Waals surface area contributed by atoms with Crippen molar-refractivity contribution in [2.45, 2.75) is 31.5 Å². The summed E-state index contributed by atoms with van der Waals surface area (Å²) in [7, 11) is 2.99. The molecule has 2 aromatic rings. The normalized spacial score (nSPS) is 13.7. The summed E-state index contributed by atoms with van der Waals surface area (Å²) in [6.45, 7) is 1.63. The molecule has 2 unspecified atom stereocenters. The zero-order chi connectivity index (χ0) is 23.0. The summed E-state index contributed by atoms with van der Waals surface area (Å²) >= 11 is 0. The molecule has 0 saturated heterocycles. The van der Waals surface area contributed by atoms with Gasteiger partial charge in [0.1, 0.15) is 6.10 Å². The zero-order valence-corrected chi connectivity index (χ0v) is 17.7. The van der Waals surface area contributed by atoms with E-state index in [1.165, 1.54) is 31.3 Å². The summed E-state index contributed by atoms with van der Waals surface area (Å²) in [6.07, 6.45) is -1.29. The molecule has 3 atom stereocenters. The van der Waals surface area contributed by atoms with Crippen LogP contribution in [0.2, 0.25) is 0 Å². The van der Waals surface area contributed by atoms with Gasteiger partial charge in [0.25, 0.3) is 5.69 Å². The number of aliphatic hydroxyl groups is 1. The molecular formula is C22H27N3O6. The first-order valence-electron chi connectivity index (χ1n) is 9.87. The molecular weight excluding hydrogens is 402 g/mol. The largest absolute Gasteiger partial charge is 0.464 e. The number of carbonyl (C=O) groups is 2. The van der Waals surface area contributed by atoms with Gasteiger partial charge in [-0.05, 0) is 32.0 Å². The SMILES string of the molecule is CCOC(=O)C(C(O)c1ccccc1[N+](=O)[O-])N(C)C(=O)[C@H](Cc1ccccc1)NC. The molecule has 0 spiro atoms. The van der Waals surface area contributed by atoms with Gasteiger partial charge >= 0.3 is 5.97 Å². The Labute approximate surface area is 180 Å². The Morgan fingerprint density at radius 3 is 2.35 bits per heavy atom. The summed E-state index contributed by atoms with van der Waals surface area (Å²) in [5.41, 5.74) is 0.490. The molecule has 0 heterocycles. The lowest BCUT2D eigenvalue weighted by atomic mass is 9.98. The number of ether oxygens (including phenoxy) is 1. The van der Waals surface area contributed by atoms with Crippen molar-refractivity contribution < 1.29 is 24.4 Å². The van der Waals surface area contributed by atoms with E-state index in [1.807, 2.05) is 30.3 Å². The minimum atomic E-state index is -1.65. The lowest BCUT2D eigenvalue weighted by molar-refractivity contribution is -0.386. The monoisotopic (exact) mass is 429 g/mol. The van der Waals surface area contributed by atoms with Gasteiger partial charge in [-0.15, -0.1) is 0 Å². The van der Waals surface area contributed by atoms with Gasteiger partial charge in [0.2, 0.25) is 5.91 Å². The van der Waals surface area contributed by atoms with Crippen molar-refractivity contribution in [1.29, 1.82) is 0 Å². The maximum Gasteiger partial charge on any atom is 0.331 e. The molecule has 0 saturated carbocycles. The maximum atomic E-state index is 13.2. The molecule has 0 aliphatic rings. The van der Waals surface area contributed by atoms with E-state index < -0.39 is 35.0 Å². The van der Waals surface area contributed by atoms with Crippen molar-refractivity contribution in [3.05, 3.63) is 75.8 Å². The molecule has 9 nitrogen and oxygen atoms in total. The third kappa shape index (κ3) is 5.87. The standard InChI is InChI=1S/C22H27N3O6/c1-4-31-22(28)19(20(26)16-12-8-9-13-18(16)25(29)30)24(3)21(27)17(23-2)14-15-10-6-5-7-11-15/h5-13,17,19-20,23,26H,4,14H2,1-3H3/t17-,19?,20?/m0/s1. The Morgan fingerprint density at radius 2 is 1.77 bits per heavy atom. The van der Waals surface area contributed by atoms with Crippen molar-refractivity contribution in [1.82, 2.24) is 10.2 Å². The van der Waals surface area contributed by atoms with Crippen molar-refractivity contribution in [3.8, 4) is 0 Å². The number of esters is 1. The average Bonchev–Trinajstić information content (AvgIpc) is 2.77. The minimum absolute atomic E-state index is 0.0282. The number of para-hydroxylation sites is 1. The molecule has 0 aliphatic heterocycles. The first kappa shape index (κ1) is 24.0. The second-order valence-corrected chi connectivity index (χ2v) is 6.94. The van der Waals surface area contributed by atoms with Crippen LogP contribution in [0.1, 0.15) is 24.2 Å². The maximum absolute atomic E-state index is 13.2. The number of hydrogen-bond donors (Lipinski definition) is 2. The van der Waals surface area contributed by atoms with Gasteiger partial charge in [-0.2, -0.15) is 0 Å². The van der Waals surface area contributed by atoms with Crippen LogP contribution in [0.3, 0.4) is 0 Å². The second kappa shape index (κ2) is 11.2. The number of aliphatic hydroxyl groups excluding tert-OH is 1. The summed E-state index contributed by atoms with van der Waals surface area (Å²) in [6, 6.07) is 12.8. The summed E-state index contributed by atoms with van der Waals surface area (Å²) in [5.74, 6) is -1.30. The number of hydrogen-bond acceptors (Lipinski definition) is 7. The molecule has 0 aliphatic carbocycles. The fourth-order valence-corrected chi connectivity index (χ4v) is 3.35. The molecule has 0 aromatic heterocycles. The van der Waals surface area contributed by atoms with Crippen LogP contribution in [0, 0.1) is 10.1 Å². The molecule has 166 valence electrons. The number of nitrogens with zero attached hydrogens (tertiary/aromatic N) is 2. The van der Waals surface area contributed by atoms with Crippen LogP contribution in [-0.4, -0.2) is 59.6 Å². The summed E-state index contributed by atoms with van der Waals surface area (Å²) in [5, 5.41) is 25.3. The number of nitro benzene ring substituents is 1. The van der Waals surface area contributed by atoms with E-state index in [0.717, 1.165) is 10.5 Å². The number of nitrogens with one attached hydrogen (secondary N) is 1. The van der Waals surface area contributed by atoms with E-state index in [4.69, 9.17) is 4.74 Å². The highest BCUT2D eigenvalue weighted by molar-refractivity contribution is 5.88. The Bertz CT molecular complexity index is 905. The van der Waals surface area contributed by atoms with E-state index in [2.05, 4.69) is 5.32 Å². The highest BCUT2D eigenvalue weighted by atomic mass is 16.6. The van der Waals surface area contributed by atoms with Crippen LogP contribution in [0.4, 0.5) is 5.69 Å². The van der Waals surface area contributed by atoms with Gasteiger partial charge in [-0.1, -0.05) is 42.5 Å². The number of nitro groups is 1. The number of carbonyl (C=O) groups excluding carboxylic acids is 2. The van der Waals surface area contributed by atoms with Crippen molar-refractivity contribution >= 4 is 17.6 Å². The first-order chi connectivity index (χ1) is 14.8. The van der Waals surface area contributed by atoms with E-state index in [9.17, 15) is 24.8 Å². The van der Waals surface area contributed by atoms with E-state index in [-0.39, 0.29) is 17.9 Å². The van der Waals surface area contributed by atoms with Crippen LogP contribution < -0.4 is 5.32 Å². The Balaban J connectivity index is 2.37. The third-order valence-corrected chi connectivity index (χ3v) is 4.97. The van der Waals surface area contributed by atoms with Crippen molar-refractivity contribution in [2.75, 3.05) is 20.7 Å².